The number of aliphatic hydroxyl groups is 2. The van der Waals surface area contributed by atoms with E-state index < -0.39 is 61.2 Å². The van der Waals surface area contributed by atoms with Crippen molar-refractivity contribution in [3.63, 3.8) is 0 Å². The Kier molecular flexibility index (Phi) is 8.21. The highest BCUT2D eigenvalue weighted by Gasteiger charge is 2.76. The first-order valence-corrected chi connectivity index (χ1v) is 14.2. The number of fused-ring (bicyclic) bond motifs is 1. The van der Waals surface area contributed by atoms with Crippen LogP contribution in [0.2, 0.25) is 0 Å². The molecule has 0 radical (unpaired) electrons. The molecule has 4 rings (SSSR count). The molecule has 17 heteroatoms. The average molecular weight is 582 g/mol. The van der Waals surface area contributed by atoms with Crippen LogP contribution in [0.15, 0.2) is 18.5 Å². The number of nitrogens with zero attached hydrogens (tertiary/aromatic N) is 4. The SMILES string of the molecule is CCOC(=O)C(C)NP(=O)(N[C@@H](C)C(=O)OCC)O[C@H]1CC12O[C@@](C#N)(c1ccc3c(N)ncnn13)[C@H](O)[C@@H]2O. The number of anilines is 1. The Balaban J connectivity index is 1.62. The summed E-state index contributed by atoms with van der Waals surface area (Å²) >= 11 is 0. The van der Waals surface area contributed by atoms with E-state index in [2.05, 4.69) is 20.3 Å². The van der Waals surface area contributed by atoms with Crippen molar-refractivity contribution in [2.24, 2.45) is 0 Å². The summed E-state index contributed by atoms with van der Waals surface area (Å²) in [5.74, 6) is -1.33. The van der Waals surface area contributed by atoms with Crippen molar-refractivity contribution in [2.45, 2.75) is 75.7 Å². The topological polar surface area (TPSA) is 233 Å². The Morgan fingerprint density at radius 3 is 2.38 bits per heavy atom. The normalized spacial score (nSPS) is 30.4. The van der Waals surface area contributed by atoms with Gasteiger partial charge in [-0.15, -0.1) is 0 Å². The number of hydrogen-bond acceptors (Lipinski definition) is 13. The second-order valence-corrected chi connectivity index (χ2v) is 11.3. The molecule has 16 nitrogen and oxygen atoms in total. The van der Waals surface area contributed by atoms with E-state index in [1.165, 1.54) is 30.5 Å². The van der Waals surface area contributed by atoms with Crippen LogP contribution >= 0.6 is 7.67 Å². The molecule has 0 bridgehead atoms. The van der Waals surface area contributed by atoms with Gasteiger partial charge in [0, 0.05) is 6.42 Å². The van der Waals surface area contributed by atoms with E-state index in [1.807, 2.05) is 6.07 Å². The molecule has 218 valence electrons. The van der Waals surface area contributed by atoms with Gasteiger partial charge in [0.1, 0.15) is 53.9 Å². The highest BCUT2D eigenvalue weighted by molar-refractivity contribution is 7.54. The number of esters is 2. The average Bonchev–Trinajstić information content (AvgIpc) is 3.28. The summed E-state index contributed by atoms with van der Waals surface area (Å²) in [5, 5.41) is 41.5. The van der Waals surface area contributed by atoms with Crippen LogP contribution in [0, 0.1) is 11.3 Å². The second-order valence-electron chi connectivity index (χ2n) is 9.51. The third kappa shape index (κ3) is 5.06. The van der Waals surface area contributed by atoms with Crippen molar-refractivity contribution in [3.05, 3.63) is 24.2 Å². The van der Waals surface area contributed by atoms with Crippen molar-refractivity contribution in [1.82, 2.24) is 24.8 Å². The predicted octanol–water partition coefficient (Wildman–Crippen LogP) is -0.499. The Bertz CT molecular complexity index is 1350. The quantitative estimate of drug-likeness (QED) is 0.166. The fraction of sp³-hybridized carbons (Fsp3) is 0.609. The molecular formula is C23H32N7O9P. The largest absolute Gasteiger partial charge is 0.465 e. The lowest BCUT2D eigenvalue weighted by Crippen LogP contribution is -2.43. The molecular weight excluding hydrogens is 549 g/mol. The standard InChI is InChI=1S/C23H32N7O9P/c1-5-36-20(33)12(3)28-40(35,29-13(4)21(34)37-6-2)38-16-9-22(16)17(31)18(32)23(10-24,39-22)15-8-7-14-19(25)26-11-27-30(14)15/h7-8,11-13,16-18,31-32H,5-6,9H2,1-4H3,(H2,25,26,27)(H2,28,29,35)/t12-,13?,16-,17-,18+,22?,23-,40?/m0/s1. The monoisotopic (exact) mass is 581 g/mol. The van der Waals surface area contributed by atoms with E-state index in [-0.39, 0.29) is 31.1 Å². The minimum Gasteiger partial charge on any atom is -0.465 e. The summed E-state index contributed by atoms with van der Waals surface area (Å²) in [6.45, 7) is 6.15. The molecule has 1 aliphatic carbocycles. The van der Waals surface area contributed by atoms with Gasteiger partial charge in [0.05, 0.1) is 18.9 Å². The molecule has 3 heterocycles. The molecule has 2 aromatic rings. The number of nitriles is 1. The van der Waals surface area contributed by atoms with Crippen LogP contribution in [0.25, 0.3) is 5.52 Å². The number of nitrogens with one attached hydrogen (secondary N) is 2. The van der Waals surface area contributed by atoms with Crippen LogP contribution < -0.4 is 15.9 Å². The van der Waals surface area contributed by atoms with Gasteiger partial charge in [0.2, 0.25) is 5.60 Å². The summed E-state index contributed by atoms with van der Waals surface area (Å²) in [4.78, 5) is 28.4. The van der Waals surface area contributed by atoms with Crippen molar-refractivity contribution < 1.29 is 43.1 Å². The minimum atomic E-state index is -4.26. The van der Waals surface area contributed by atoms with E-state index >= 15 is 0 Å². The van der Waals surface area contributed by atoms with Gasteiger partial charge >= 0.3 is 19.6 Å². The zero-order chi connectivity index (χ0) is 29.5. The van der Waals surface area contributed by atoms with Crippen LogP contribution in [-0.4, -0.2) is 86.0 Å². The van der Waals surface area contributed by atoms with E-state index in [1.54, 1.807) is 13.8 Å². The predicted molar refractivity (Wildman–Crippen MR) is 136 cm³/mol. The number of carbonyl (C=O) groups excluding carboxylic acids is 2. The summed E-state index contributed by atoms with van der Waals surface area (Å²) in [5.41, 5.74) is 2.56. The van der Waals surface area contributed by atoms with E-state index in [4.69, 9.17) is 24.5 Å². The van der Waals surface area contributed by atoms with Crippen LogP contribution in [0.3, 0.4) is 0 Å². The third-order valence-electron chi connectivity index (χ3n) is 6.77. The number of hydrogen-bond donors (Lipinski definition) is 5. The fourth-order valence-electron chi connectivity index (χ4n) is 4.70. The van der Waals surface area contributed by atoms with Crippen molar-refractivity contribution >= 4 is 30.9 Å². The Morgan fingerprint density at radius 1 is 1.23 bits per heavy atom. The van der Waals surface area contributed by atoms with Gasteiger partial charge in [-0.2, -0.15) is 10.4 Å². The van der Waals surface area contributed by atoms with Crippen LogP contribution in [0.5, 0.6) is 0 Å². The zero-order valence-corrected chi connectivity index (χ0v) is 23.2. The summed E-state index contributed by atoms with van der Waals surface area (Å²) in [6, 6.07) is 2.69. The molecule has 0 amide bonds. The van der Waals surface area contributed by atoms with Crippen LogP contribution in [0.1, 0.15) is 39.8 Å². The molecule has 1 aliphatic heterocycles. The van der Waals surface area contributed by atoms with E-state index in [0.717, 1.165) is 6.33 Å². The molecule has 6 N–H and O–H groups in total. The van der Waals surface area contributed by atoms with Gasteiger partial charge in [-0.25, -0.2) is 19.7 Å². The first-order chi connectivity index (χ1) is 18.9. The molecule has 3 unspecified atom stereocenters. The number of ether oxygens (including phenoxy) is 3. The molecule has 1 spiro atoms. The van der Waals surface area contributed by atoms with Gasteiger partial charge in [-0.05, 0) is 39.8 Å². The number of carbonyl (C=O) groups is 2. The van der Waals surface area contributed by atoms with Gasteiger partial charge in [-0.3, -0.25) is 18.7 Å². The molecule has 1 saturated carbocycles. The number of rotatable bonds is 11. The first kappa shape index (κ1) is 29.8. The highest BCUT2D eigenvalue weighted by atomic mass is 31.2. The summed E-state index contributed by atoms with van der Waals surface area (Å²) < 4.78 is 37.0. The van der Waals surface area contributed by atoms with Crippen molar-refractivity contribution in [1.29, 1.82) is 5.26 Å². The van der Waals surface area contributed by atoms with Gasteiger partial charge in [-0.1, -0.05) is 0 Å². The molecule has 0 aromatic carbocycles. The Morgan fingerprint density at radius 2 is 1.82 bits per heavy atom. The fourth-order valence-corrected chi connectivity index (χ4v) is 6.74. The van der Waals surface area contributed by atoms with E-state index in [9.17, 15) is 29.6 Å². The zero-order valence-electron chi connectivity index (χ0n) is 22.3. The first-order valence-electron chi connectivity index (χ1n) is 12.6. The van der Waals surface area contributed by atoms with Gasteiger partial charge in [0.25, 0.3) is 0 Å². The molecule has 2 aromatic heterocycles. The highest BCUT2D eigenvalue weighted by Crippen LogP contribution is 2.61. The van der Waals surface area contributed by atoms with Crippen LogP contribution in [-0.2, 0) is 38.5 Å². The van der Waals surface area contributed by atoms with Crippen molar-refractivity contribution in [3.8, 4) is 6.07 Å². The lowest BCUT2D eigenvalue weighted by Gasteiger charge is -2.27. The molecule has 2 aliphatic rings. The smallest absolute Gasteiger partial charge is 0.342 e. The maximum absolute atomic E-state index is 13.9. The number of nitrogens with two attached hydrogens (primary N) is 1. The Hall–Kier alpha value is -3.16. The molecule has 8 atom stereocenters. The van der Waals surface area contributed by atoms with Gasteiger partial charge in [0.15, 0.2) is 5.82 Å². The molecule has 40 heavy (non-hydrogen) atoms. The molecule has 1 saturated heterocycles. The number of aliphatic hydroxyl groups excluding tert-OH is 2. The lowest BCUT2D eigenvalue weighted by molar-refractivity contribution is -0.145. The maximum Gasteiger partial charge on any atom is 0.342 e. The minimum absolute atomic E-state index is 0.0769. The second kappa shape index (κ2) is 11.0. The van der Waals surface area contributed by atoms with E-state index in [0.29, 0.717) is 5.52 Å². The third-order valence-corrected chi connectivity index (χ3v) is 8.77. The van der Waals surface area contributed by atoms with Crippen LogP contribution in [0.4, 0.5) is 5.82 Å². The lowest BCUT2D eigenvalue weighted by atomic mass is 9.92. The summed E-state index contributed by atoms with van der Waals surface area (Å²) in [6.07, 6.45) is -3.47. The Labute approximate surface area is 229 Å². The summed E-state index contributed by atoms with van der Waals surface area (Å²) in [7, 11) is -4.26. The number of aromatic nitrogens is 3. The van der Waals surface area contributed by atoms with Gasteiger partial charge < -0.3 is 30.2 Å². The van der Waals surface area contributed by atoms with Crippen molar-refractivity contribution in [2.75, 3.05) is 18.9 Å². The maximum atomic E-state index is 13.9. The number of nitrogen functional groups attached to an aromatic ring is 1. The molecule has 2 fully saturated rings.